The van der Waals surface area contributed by atoms with E-state index in [1.807, 2.05) is 0 Å². The number of carbonyl (C=O) groups is 1. The normalized spacial score (nSPS) is 39.1. The van der Waals surface area contributed by atoms with Crippen molar-refractivity contribution in [2.45, 2.75) is 214 Å². The van der Waals surface area contributed by atoms with Crippen LogP contribution in [0.4, 0.5) is 0 Å². The number of aliphatic hydroxyl groups excluding tert-OH is 6. The van der Waals surface area contributed by atoms with Crippen molar-refractivity contribution in [1.29, 1.82) is 0 Å². The maximum atomic E-state index is 11.3. The standard InChI is InChI=1S/C11H23NO6.C11H25NO5.2C10H20O5/c1-9(16,5-8(15)12-4)11(3,18)10(2,17)7(14)6-13;1-9(15,5-6-12-4)11(3,17)10(2,16)8(14)7-13;2*1-6-8(2,12)10(4,14)9(3,13)7(5-11)15-6/h7,13-14,16-18H,5-6H2,1-4H3,(H,12,15);8,12-17H,5-7H2,1-4H3;2*6-7,11-14H,5H2,1-4H3. The van der Waals surface area contributed by atoms with Crippen molar-refractivity contribution in [2.24, 2.45) is 0 Å². The van der Waals surface area contributed by atoms with Crippen molar-refractivity contribution >= 4 is 5.91 Å². The summed E-state index contributed by atoms with van der Waals surface area (Å²) < 4.78 is 10.6. The van der Waals surface area contributed by atoms with E-state index in [9.17, 15) is 76.3 Å². The lowest BCUT2D eigenvalue weighted by Gasteiger charge is -2.57. The summed E-state index contributed by atoms with van der Waals surface area (Å²) in [6, 6.07) is 0. The first-order chi connectivity index (χ1) is 28.7. The molecule has 0 aromatic heterocycles. The highest BCUT2D eigenvalue weighted by Crippen LogP contribution is 2.45. The molecule has 0 aromatic carbocycles. The minimum atomic E-state index is -2.21. The molecule has 18 unspecified atom stereocenters. The molecular weight excluding hydrogens is 868 g/mol. The van der Waals surface area contributed by atoms with Crippen molar-refractivity contribution in [3.63, 3.8) is 0 Å². The molecule has 2 fully saturated rings. The number of amides is 1. The van der Waals surface area contributed by atoms with E-state index in [-0.39, 0.29) is 6.42 Å². The van der Waals surface area contributed by atoms with Gasteiger partial charge in [-0.15, -0.1) is 0 Å². The summed E-state index contributed by atoms with van der Waals surface area (Å²) in [5, 5.41) is 182. The largest absolute Gasteiger partial charge is 0.394 e. The second-order valence-electron chi connectivity index (χ2n) is 19.7. The van der Waals surface area contributed by atoms with Crippen LogP contribution in [-0.2, 0) is 14.3 Å². The van der Waals surface area contributed by atoms with Crippen molar-refractivity contribution in [1.82, 2.24) is 10.6 Å². The highest BCUT2D eigenvalue weighted by atomic mass is 16.6. The van der Waals surface area contributed by atoms with Gasteiger partial charge in [0.2, 0.25) is 5.91 Å². The number of carbonyl (C=O) groups excluding carboxylic acids is 1. The average molecular weight is 957 g/mol. The predicted molar refractivity (Wildman–Crippen MR) is 234 cm³/mol. The maximum Gasteiger partial charge on any atom is 0.222 e. The number of ether oxygens (including phenoxy) is 2. The average Bonchev–Trinajstić information content (AvgIpc) is 3.18. The lowest BCUT2D eigenvalue weighted by molar-refractivity contribution is -0.340. The molecule has 0 saturated carbocycles. The van der Waals surface area contributed by atoms with Gasteiger partial charge < -0.3 is 112 Å². The molecule has 1 amide bonds. The summed E-state index contributed by atoms with van der Waals surface area (Å²) in [5.41, 5.74) is -22.1. The van der Waals surface area contributed by atoms with Gasteiger partial charge in [-0.05, 0) is 117 Å². The SMILES string of the molecule is CC1OC(CO)C(C)(O)C(C)(O)C1(C)O.CC1OC(CO)C(C)(O)C(C)(O)C1(C)O.CNC(=O)CC(C)(O)C(C)(O)C(C)(O)C(O)CO.CNCCC(C)(O)C(C)(O)C(C)(O)C(O)CO. The van der Waals surface area contributed by atoms with Crippen LogP contribution < -0.4 is 10.6 Å². The second kappa shape index (κ2) is 22.6. The van der Waals surface area contributed by atoms with Gasteiger partial charge in [-0.25, -0.2) is 0 Å². The van der Waals surface area contributed by atoms with Crippen molar-refractivity contribution in [3.05, 3.63) is 0 Å². The Morgan fingerprint density at radius 3 is 1.11 bits per heavy atom. The van der Waals surface area contributed by atoms with Gasteiger partial charge in [0.1, 0.15) is 86.0 Å². The summed E-state index contributed by atoms with van der Waals surface area (Å²) in [6.45, 7) is 16.6. The zero-order valence-corrected chi connectivity index (χ0v) is 41.2. The Hall–Kier alpha value is -1.37. The third-order valence-corrected chi connectivity index (χ3v) is 15.2. The fraction of sp³-hybridized carbons (Fsp3) is 0.976. The first-order valence-electron chi connectivity index (χ1n) is 21.3. The van der Waals surface area contributed by atoms with Crippen LogP contribution in [0, 0.1) is 0 Å². The molecule has 23 nitrogen and oxygen atoms in total. The van der Waals surface area contributed by atoms with E-state index in [2.05, 4.69) is 10.6 Å². The molecule has 392 valence electrons. The lowest BCUT2D eigenvalue weighted by Crippen LogP contribution is -2.76. The van der Waals surface area contributed by atoms with E-state index in [0.29, 0.717) is 6.54 Å². The Bertz CT molecular complexity index is 1410. The molecule has 65 heavy (non-hydrogen) atoms. The van der Waals surface area contributed by atoms with Gasteiger partial charge >= 0.3 is 0 Å². The van der Waals surface area contributed by atoms with Crippen LogP contribution in [0.3, 0.4) is 0 Å². The molecule has 2 heterocycles. The van der Waals surface area contributed by atoms with Crippen molar-refractivity contribution in [3.8, 4) is 0 Å². The number of hydrogen-bond acceptors (Lipinski definition) is 22. The zero-order valence-electron chi connectivity index (χ0n) is 41.2. The molecule has 20 N–H and O–H groups in total. The van der Waals surface area contributed by atoms with E-state index in [4.69, 9.17) is 29.9 Å². The van der Waals surface area contributed by atoms with Crippen molar-refractivity contribution < 1.29 is 106 Å². The Labute approximate surface area is 382 Å². The van der Waals surface area contributed by atoms with E-state index >= 15 is 0 Å². The molecule has 0 spiro atoms. The van der Waals surface area contributed by atoms with E-state index in [1.54, 1.807) is 20.9 Å². The Balaban J connectivity index is 0. The summed E-state index contributed by atoms with van der Waals surface area (Å²) in [6.07, 6.45) is -6.67. The topological polar surface area (TPSA) is 424 Å². The highest BCUT2D eigenvalue weighted by molar-refractivity contribution is 5.76. The summed E-state index contributed by atoms with van der Waals surface area (Å²) in [7, 11) is 3.07. The molecule has 0 aromatic rings. The minimum Gasteiger partial charge on any atom is -0.394 e. The van der Waals surface area contributed by atoms with Gasteiger partial charge in [0.25, 0.3) is 0 Å². The van der Waals surface area contributed by atoms with Crippen LogP contribution in [0.2, 0.25) is 0 Å². The summed E-state index contributed by atoms with van der Waals surface area (Å²) in [5.74, 6) is -0.533. The predicted octanol–water partition coefficient (Wildman–Crippen LogP) is -6.03. The third-order valence-electron chi connectivity index (χ3n) is 15.2. The Kier molecular flexibility index (Phi) is 22.8. The number of nitrogens with one attached hydrogen (secondary N) is 2. The quantitative estimate of drug-likeness (QED) is 0.0726. The van der Waals surface area contributed by atoms with Gasteiger partial charge in [-0.3, -0.25) is 4.79 Å². The monoisotopic (exact) mass is 957 g/mol. The fourth-order valence-corrected chi connectivity index (χ4v) is 7.19. The smallest absolute Gasteiger partial charge is 0.222 e. The first kappa shape index (κ1) is 65.7. The maximum absolute atomic E-state index is 11.3. The zero-order chi connectivity index (χ0) is 52.8. The third kappa shape index (κ3) is 12.7. The van der Waals surface area contributed by atoms with Crippen LogP contribution in [0.15, 0.2) is 0 Å². The van der Waals surface area contributed by atoms with E-state index in [0.717, 1.165) is 13.8 Å². The first-order valence-corrected chi connectivity index (χ1v) is 21.3. The van der Waals surface area contributed by atoms with Gasteiger partial charge in [-0.2, -0.15) is 0 Å². The molecule has 0 aliphatic carbocycles. The lowest BCUT2D eigenvalue weighted by atomic mass is 9.67. The van der Waals surface area contributed by atoms with Gasteiger partial charge in [-0.1, -0.05) is 0 Å². The van der Waals surface area contributed by atoms with Gasteiger partial charge in [0, 0.05) is 7.05 Å². The van der Waals surface area contributed by atoms with Crippen LogP contribution >= 0.6 is 0 Å². The van der Waals surface area contributed by atoms with E-state index in [1.165, 1.54) is 76.3 Å². The summed E-state index contributed by atoms with van der Waals surface area (Å²) >= 11 is 0. The van der Waals surface area contributed by atoms with Crippen LogP contribution in [-0.4, -0.2) is 249 Å². The molecule has 0 radical (unpaired) electrons. The molecular formula is C42H88N2O21. The van der Waals surface area contributed by atoms with Gasteiger partial charge in [0.05, 0.1) is 50.7 Å². The second-order valence-corrected chi connectivity index (χ2v) is 19.7. The molecule has 0 bridgehead atoms. The molecule has 2 rings (SSSR count). The van der Waals surface area contributed by atoms with Crippen LogP contribution in [0.5, 0.6) is 0 Å². The minimum absolute atomic E-state index is 0.185. The molecule has 2 aliphatic rings. The molecule has 2 aliphatic heterocycles. The molecule has 18 atom stereocenters. The number of rotatable bonds is 15. The Morgan fingerprint density at radius 1 is 0.569 bits per heavy atom. The summed E-state index contributed by atoms with van der Waals surface area (Å²) in [4.78, 5) is 11.3. The molecule has 2 saturated heterocycles. The highest BCUT2D eigenvalue weighted by Gasteiger charge is 2.66. The number of hydrogen-bond donors (Lipinski definition) is 20. The van der Waals surface area contributed by atoms with Crippen LogP contribution in [0.25, 0.3) is 0 Å². The Morgan fingerprint density at radius 2 is 0.862 bits per heavy atom. The number of aliphatic hydroxyl groups is 18. The van der Waals surface area contributed by atoms with E-state index < -0.39 is 143 Å². The van der Waals surface area contributed by atoms with Crippen molar-refractivity contribution in [2.75, 3.05) is 47.1 Å². The van der Waals surface area contributed by atoms with Gasteiger partial charge in [0.15, 0.2) is 0 Å². The molecule has 23 heteroatoms. The fourth-order valence-electron chi connectivity index (χ4n) is 7.19. The van der Waals surface area contributed by atoms with Crippen LogP contribution in [0.1, 0.15) is 110 Å².